The fraction of sp³-hybridized carbons (Fsp3) is 0.350. The lowest BCUT2D eigenvalue weighted by Gasteiger charge is -2.25. The maximum Gasteiger partial charge on any atom is 0.238 e. The lowest BCUT2D eigenvalue weighted by Crippen LogP contribution is -2.35. The van der Waals surface area contributed by atoms with Crippen LogP contribution < -0.4 is 4.74 Å². The average molecular weight is 452 g/mol. The number of hydrogen-bond acceptors (Lipinski definition) is 4. The molecule has 1 aliphatic heterocycles. The number of amides is 1. The molecular weight excluding hydrogens is 430 g/mol. The molecule has 0 saturated carbocycles. The molecular formula is C20H22BrNO4S. The van der Waals surface area contributed by atoms with Crippen molar-refractivity contribution < 1.29 is 17.9 Å². The Balaban J connectivity index is 1.71. The van der Waals surface area contributed by atoms with E-state index in [0.717, 1.165) is 28.6 Å². The largest absolute Gasteiger partial charge is 0.497 e. The summed E-state index contributed by atoms with van der Waals surface area (Å²) in [6.45, 7) is 0.578. The van der Waals surface area contributed by atoms with Crippen LogP contribution in [0.25, 0.3) is 0 Å². The van der Waals surface area contributed by atoms with E-state index in [1.54, 1.807) is 36.3 Å². The molecule has 1 unspecified atom stereocenters. The quantitative estimate of drug-likeness (QED) is 0.670. The van der Waals surface area contributed by atoms with Gasteiger partial charge in [0.25, 0.3) is 0 Å². The zero-order valence-electron chi connectivity index (χ0n) is 15.1. The maximum atomic E-state index is 12.8. The van der Waals surface area contributed by atoms with Crippen LogP contribution in [0.2, 0.25) is 0 Å². The third-order valence-electron chi connectivity index (χ3n) is 4.69. The molecule has 1 heterocycles. The summed E-state index contributed by atoms with van der Waals surface area (Å²) >= 11 is 3.33. The number of halogens is 1. The molecule has 0 bridgehead atoms. The third-order valence-corrected chi connectivity index (χ3v) is 6.68. The van der Waals surface area contributed by atoms with Crippen LogP contribution in [-0.2, 0) is 20.4 Å². The van der Waals surface area contributed by atoms with E-state index in [0.29, 0.717) is 12.1 Å². The van der Waals surface area contributed by atoms with Gasteiger partial charge >= 0.3 is 0 Å². The number of nitrogens with zero attached hydrogens (tertiary/aromatic N) is 1. The Labute approximate surface area is 168 Å². The summed E-state index contributed by atoms with van der Waals surface area (Å²) in [7, 11) is -1.93. The number of rotatable bonds is 6. The van der Waals surface area contributed by atoms with Crippen molar-refractivity contribution >= 4 is 31.7 Å². The molecule has 3 rings (SSSR count). The molecule has 144 valence electrons. The summed E-state index contributed by atoms with van der Waals surface area (Å²) in [6, 6.07) is 14.6. The SMILES string of the molecule is COc1cccc(C2CCCN2C(=O)CS(=O)(=O)Cc2ccc(Br)cc2)c1. The monoisotopic (exact) mass is 451 g/mol. The van der Waals surface area contributed by atoms with Gasteiger partial charge in [-0.05, 0) is 48.2 Å². The fourth-order valence-electron chi connectivity index (χ4n) is 3.42. The molecule has 1 saturated heterocycles. The Morgan fingerprint density at radius 2 is 1.96 bits per heavy atom. The number of methoxy groups -OCH3 is 1. The topological polar surface area (TPSA) is 63.7 Å². The van der Waals surface area contributed by atoms with E-state index in [1.807, 2.05) is 24.3 Å². The first kappa shape index (κ1) is 19.9. The standard InChI is InChI=1S/C20H22BrNO4S/c1-26-18-5-2-4-16(12-18)19-6-3-11-22(19)20(23)14-27(24,25)13-15-7-9-17(21)10-8-15/h2,4-5,7-10,12,19H,3,6,11,13-14H2,1H3. The summed E-state index contributed by atoms with van der Waals surface area (Å²) in [6.07, 6.45) is 1.69. The second-order valence-corrected chi connectivity index (χ2v) is 9.66. The molecule has 0 N–H and O–H groups in total. The van der Waals surface area contributed by atoms with Crippen LogP contribution in [0.1, 0.15) is 30.0 Å². The van der Waals surface area contributed by atoms with E-state index in [9.17, 15) is 13.2 Å². The molecule has 1 amide bonds. The van der Waals surface area contributed by atoms with Crippen LogP contribution in [0.5, 0.6) is 5.75 Å². The van der Waals surface area contributed by atoms with Crippen LogP contribution in [0.3, 0.4) is 0 Å². The van der Waals surface area contributed by atoms with Crippen LogP contribution >= 0.6 is 15.9 Å². The van der Waals surface area contributed by atoms with Gasteiger partial charge in [0.1, 0.15) is 11.5 Å². The summed E-state index contributed by atoms with van der Waals surface area (Å²) in [5.74, 6) is -0.208. The molecule has 0 radical (unpaired) electrons. The van der Waals surface area contributed by atoms with E-state index in [2.05, 4.69) is 15.9 Å². The predicted octanol–water partition coefficient (Wildman–Crippen LogP) is 3.74. The van der Waals surface area contributed by atoms with Gasteiger partial charge in [-0.3, -0.25) is 4.79 Å². The van der Waals surface area contributed by atoms with Crippen molar-refractivity contribution in [1.29, 1.82) is 0 Å². The van der Waals surface area contributed by atoms with Crippen molar-refractivity contribution in [3.63, 3.8) is 0 Å². The number of carbonyl (C=O) groups is 1. The van der Waals surface area contributed by atoms with Crippen molar-refractivity contribution in [2.75, 3.05) is 19.4 Å². The van der Waals surface area contributed by atoms with Gasteiger partial charge < -0.3 is 9.64 Å². The highest BCUT2D eigenvalue weighted by Gasteiger charge is 2.32. The van der Waals surface area contributed by atoms with Gasteiger partial charge in [0.2, 0.25) is 5.91 Å². The minimum absolute atomic E-state index is 0.101. The Kier molecular flexibility index (Phi) is 6.22. The minimum atomic E-state index is -3.53. The number of carbonyl (C=O) groups excluding carboxylic acids is 1. The molecule has 0 aliphatic carbocycles. The molecule has 2 aromatic rings. The maximum absolute atomic E-state index is 12.8. The Morgan fingerprint density at radius 3 is 2.67 bits per heavy atom. The summed E-state index contributed by atoms with van der Waals surface area (Å²) in [5.41, 5.74) is 1.65. The van der Waals surface area contributed by atoms with E-state index in [1.165, 1.54) is 0 Å². The molecule has 0 spiro atoms. The Morgan fingerprint density at radius 1 is 1.22 bits per heavy atom. The number of hydrogen-bond donors (Lipinski definition) is 0. The molecule has 5 nitrogen and oxygen atoms in total. The van der Waals surface area contributed by atoms with Gasteiger partial charge in [-0.2, -0.15) is 0 Å². The first-order chi connectivity index (χ1) is 12.9. The molecule has 2 aromatic carbocycles. The van der Waals surface area contributed by atoms with Crippen LogP contribution in [0.4, 0.5) is 0 Å². The Bertz CT molecular complexity index is 912. The normalized spacial score (nSPS) is 17.1. The number of ether oxygens (including phenoxy) is 1. The zero-order valence-corrected chi connectivity index (χ0v) is 17.5. The van der Waals surface area contributed by atoms with E-state index >= 15 is 0 Å². The van der Waals surface area contributed by atoms with E-state index in [4.69, 9.17) is 4.74 Å². The van der Waals surface area contributed by atoms with Crippen molar-refractivity contribution in [2.45, 2.75) is 24.6 Å². The van der Waals surface area contributed by atoms with Gasteiger partial charge in [0.15, 0.2) is 9.84 Å². The molecule has 7 heteroatoms. The van der Waals surface area contributed by atoms with Crippen molar-refractivity contribution in [3.8, 4) is 5.75 Å². The first-order valence-electron chi connectivity index (χ1n) is 8.76. The summed E-state index contributed by atoms with van der Waals surface area (Å²) in [4.78, 5) is 14.4. The third kappa shape index (κ3) is 5.11. The van der Waals surface area contributed by atoms with Crippen molar-refractivity contribution in [1.82, 2.24) is 4.90 Å². The second-order valence-electron chi connectivity index (χ2n) is 6.68. The molecule has 1 aliphatic rings. The highest BCUT2D eigenvalue weighted by atomic mass is 79.9. The van der Waals surface area contributed by atoms with Crippen molar-refractivity contribution in [2.24, 2.45) is 0 Å². The van der Waals surface area contributed by atoms with Gasteiger partial charge in [0.05, 0.1) is 18.9 Å². The van der Waals surface area contributed by atoms with Gasteiger partial charge in [0, 0.05) is 11.0 Å². The van der Waals surface area contributed by atoms with Crippen molar-refractivity contribution in [3.05, 3.63) is 64.1 Å². The highest BCUT2D eigenvalue weighted by Crippen LogP contribution is 2.33. The smallest absolute Gasteiger partial charge is 0.238 e. The summed E-state index contributed by atoms with van der Waals surface area (Å²) < 4.78 is 31.2. The molecule has 0 aromatic heterocycles. The van der Waals surface area contributed by atoms with Gasteiger partial charge in [-0.15, -0.1) is 0 Å². The number of sulfone groups is 1. The Hall–Kier alpha value is -1.86. The summed E-state index contributed by atoms with van der Waals surface area (Å²) in [5, 5.41) is 0. The van der Waals surface area contributed by atoms with E-state index < -0.39 is 15.6 Å². The number of benzene rings is 2. The lowest BCUT2D eigenvalue weighted by atomic mass is 10.0. The van der Waals surface area contributed by atoms with E-state index in [-0.39, 0.29) is 17.7 Å². The lowest BCUT2D eigenvalue weighted by molar-refractivity contribution is -0.129. The number of likely N-dealkylation sites (tertiary alicyclic amines) is 1. The molecule has 27 heavy (non-hydrogen) atoms. The first-order valence-corrected chi connectivity index (χ1v) is 11.4. The average Bonchev–Trinajstić information content (AvgIpc) is 3.13. The molecule has 1 atom stereocenters. The highest BCUT2D eigenvalue weighted by molar-refractivity contribution is 9.10. The molecule has 1 fully saturated rings. The van der Waals surface area contributed by atoms with Crippen LogP contribution in [0, 0.1) is 0 Å². The van der Waals surface area contributed by atoms with Gasteiger partial charge in [-0.1, -0.05) is 40.2 Å². The predicted molar refractivity (Wildman–Crippen MR) is 108 cm³/mol. The minimum Gasteiger partial charge on any atom is -0.497 e. The van der Waals surface area contributed by atoms with Crippen LogP contribution in [0.15, 0.2) is 53.0 Å². The second kappa shape index (κ2) is 8.44. The van der Waals surface area contributed by atoms with Gasteiger partial charge in [-0.25, -0.2) is 8.42 Å². The zero-order chi connectivity index (χ0) is 19.4. The fourth-order valence-corrected chi connectivity index (χ4v) is 5.03. The van der Waals surface area contributed by atoms with Crippen LogP contribution in [-0.4, -0.2) is 38.6 Å².